The maximum absolute atomic E-state index is 13.1. The van der Waals surface area contributed by atoms with Gasteiger partial charge in [-0.3, -0.25) is 0 Å². The Kier molecular flexibility index (Phi) is 5.86. The molecular weight excluding hydrogens is 205 g/mol. The average Bonchev–Trinajstić information content (AvgIpc) is 2.31. The molecule has 90 valence electrons. The summed E-state index contributed by atoms with van der Waals surface area (Å²) in [6.45, 7) is 0.768. The minimum Gasteiger partial charge on any atom is -0.494 e. The first kappa shape index (κ1) is 13.0. The third kappa shape index (κ3) is 4.19. The van der Waals surface area contributed by atoms with Gasteiger partial charge in [0.25, 0.3) is 0 Å². The van der Waals surface area contributed by atoms with E-state index in [1.54, 1.807) is 6.07 Å². The van der Waals surface area contributed by atoms with E-state index in [4.69, 9.17) is 10.5 Å². The summed E-state index contributed by atoms with van der Waals surface area (Å²) in [7, 11) is 1.49. The number of benzene rings is 1. The van der Waals surface area contributed by atoms with Crippen molar-refractivity contribution in [3.63, 3.8) is 0 Å². The van der Waals surface area contributed by atoms with Gasteiger partial charge in [-0.05, 0) is 43.5 Å². The normalized spacial score (nSPS) is 10.4. The predicted octanol–water partition coefficient (Wildman–Crippen LogP) is 2.90. The van der Waals surface area contributed by atoms with Gasteiger partial charge in [0.2, 0.25) is 0 Å². The zero-order valence-corrected chi connectivity index (χ0v) is 9.84. The molecular formula is C13H20FNO. The number of nitrogens with two attached hydrogens (primary N) is 1. The van der Waals surface area contributed by atoms with Gasteiger partial charge in [0, 0.05) is 0 Å². The number of halogens is 1. The van der Waals surface area contributed by atoms with E-state index in [1.807, 2.05) is 6.07 Å². The van der Waals surface area contributed by atoms with Crippen molar-refractivity contribution in [1.82, 2.24) is 0 Å². The highest BCUT2D eigenvalue weighted by molar-refractivity contribution is 5.30. The lowest BCUT2D eigenvalue weighted by atomic mass is 10.1. The summed E-state index contributed by atoms with van der Waals surface area (Å²) in [6.07, 6.45) is 5.54. The van der Waals surface area contributed by atoms with Crippen molar-refractivity contribution in [1.29, 1.82) is 0 Å². The topological polar surface area (TPSA) is 35.2 Å². The molecule has 0 spiro atoms. The van der Waals surface area contributed by atoms with Crippen molar-refractivity contribution < 1.29 is 9.13 Å². The van der Waals surface area contributed by atoms with Gasteiger partial charge >= 0.3 is 0 Å². The van der Waals surface area contributed by atoms with Gasteiger partial charge in [0.15, 0.2) is 11.6 Å². The first-order chi connectivity index (χ1) is 7.77. The first-order valence-corrected chi connectivity index (χ1v) is 5.80. The monoisotopic (exact) mass is 225 g/mol. The van der Waals surface area contributed by atoms with E-state index in [0.717, 1.165) is 31.4 Å². The summed E-state index contributed by atoms with van der Waals surface area (Å²) >= 11 is 0. The second-order valence-electron chi connectivity index (χ2n) is 3.92. The molecule has 0 aliphatic rings. The Morgan fingerprint density at radius 1 is 1.19 bits per heavy atom. The average molecular weight is 225 g/mol. The van der Waals surface area contributed by atoms with Gasteiger partial charge in [-0.1, -0.05) is 18.9 Å². The van der Waals surface area contributed by atoms with E-state index >= 15 is 0 Å². The SMILES string of the molecule is COc1cc(CCCCCCN)ccc1F. The maximum atomic E-state index is 13.1. The Morgan fingerprint density at radius 3 is 2.62 bits per heavy atom. The number of unbranched alkanes of at least 4 members (excludes halogenated alkanes) is 3. The van der Waals surface area contributed by atoms with Crippen LogP contribution in [0.3, 0.4) is 0 Å². The molecule has 2 N–H and O–H groups in total. The molecule has 16 heavy (non-hydrogen) atoms. The van der Waals surface area contributed by atoms with Crippen LogP contribution in [0.2, 0.25) is 0 Å². The highest BCUT2D eigenvalue weighted by atomic mass is 19.1. The molecule has 0 atom stereocenters. The van der Waals surface area contributed by atoms with Crippen LogP contribution < -0.4 is 10.5 Å². The third-order valence-electron chi connectivity index (χ3n) is 2.64. The van der Waals surface area contributed by atoms with Crippen LogP contribution in [0.15, 0.2) is 18.2 Å². The third-order valence-corrected chi connectivity index (χ3v) is 2.64. The lowest BCUT2D eigenvalue weighted by Crippen LogP contribution is -1.98. The van der Waals surface area contributed by atoms with Crippen LogP contribution in [0.25, 0.3) is 0 Å². The molecule has 0 saturated heterocycles. The van der Waals surface area contributed by atoms with Gasteiger partial charge < -0.3 is 10.5 Å². The summed E-state index contributed by atoms with van der Waals surface area (Å²) in [4.78, 5) is 0. The number of aryl methyl sites for hydroxylation is 1. The molecule has 1 aromatic carbocycles. The minimum absolute atomic E-state index is 0.297. The maximum Gasteiger partial charge on any atom is 0.165 e. The summed E-state index contributed by atoms with van der Waals surface area (Å²) in [5, 5.41) is 0. The fourth-order valence-corrected chi connectivity index (χ4v) is 1.69. The molecule has 2 nitrogen and oxygen atoms in total. The zero-order valence-electron chi connectivity index (χ0n) is 9.84. The van der Waals surface area contributed by atoms with Crippen LogP contribution >= 0.6 is 0 Å². The highest BCUT2D eigenvalue weighted by Gasteiger charge is 2.02. The molecule has 0 aliphatic carbocycles. The Balaban J connectivity index is 2.36. The Hall–Kier alpha value is -1.09. The highest BCUT2D eigenvalue weighted by Crippen LogP contribution is 2.19. The molecule has 0 aliphatic heterocycles. The molecule has 0 amide bonds. The minimum atomic E-state index is -0.297. The van der Waals surface area contributed by atoms with Crippen LogP contribution in [-0.4, -0.2) is 13.7 Å². The molecule has 0 fully saturated rings. The molecule has 0 unspecified atom stereocenters. The van der Waals surface area contributed by atoms with Gasteiger partial charge in [-0.25, -0.2) is 4.39 Å². The summed E-state index contributed by atoms with van der Waals surface area (Å²) in [5.41, 5.74) is 6.55. The van der Waals surface area contributed by atoms with Crippen molar-refractivity contribution in [2.24, 2.45) is 5.73 Å². The second kappa shape index (κ2) is 7.23. The lowest BCUT2D eigenvalue weighted by molar-refractivity contribution is 0.386. The molecule has 0 radical (unpaired) electrons. The zero-order chi connectivity index (χ0) is 11.8. The van der Waals surface area contributed by atoms with Crippen LogP contribution in [0.1, 0.15) is 31.2 Å². The van der Waals surface area contributed by atoms with Crippen LogP contribution in [-0.2, 0) is 6.42 Å². The number of methoxy groups -OCH3 is 1. The van der Waals surface area contributed by atoms with Crippen LogP contribution in [0, 0.1) is 5.82 Å². The van der Waals surface area contributed by atoms with Crippen LogP contribution in [0.5, 0.6) is 5.75 Å². The number of ether oxygens (including phenoxy) is 1. The standard InChI is InChI=1S/C13H20FNO/c1-16-13-10-11(7-8-12(13)14)6-4-2-3-5-9-15/h7-8,10H,2-6,9,15H2,1H3. The van der Waals surface area contributed by atoms with E-state index in [9.17, 15) is 4.39 Å². The van der Waals surface area contributed by atoms with Crippen molar-refractivity contribution in [3.8, 4) is 5.75 Å². The second-order valence-corrected chi connectivity index (χ2v) is 3.92. The van der Waals surface area contributed by atoms with Crippen molar-refractivity contribution in [2.45, 2.75) is 32.1 Å². The van der Waals surface area contributed by atoms with E-state index in [1.165, 1.54) is 26.0 Å². The van der Waals surface area contributed by atoms with Crippen LogP contribution in [0.4, 0.5) is 4.39 Å². The summed E-state index contributed by atoms with van der Waals surface area (Å²) in [5.74, 6) is 0.0360. The van der Waals surface area contributed by atoms with Gasteiger partial charge in [-0.2, -0.15) is 0 Å². The summed E-state index contributed by atoms with van der Waals surface area (Å²) < 4.78 is 18.1. The van der Waals surface area contributed by atoms with E-state index < -0.39 is 0 Å². The first-order valence-electron chi connectivity index (χ1n) is 5.80. The molecule has 3 heteroatoms. The smallest absolute Gasteiger partial charge is 0.165 e. The van der Waals surface area contributed by atoms with Crippen molar-refractivity contribution >= 4 is 0 Å². The molecule has 1 rings (SSSR count). The van der Waals surface area contributed by atoms with Crippen molar-refractivity contribution in [3.05, 3.63) is 29.6 Å². The molecule has 0 aromatic heterocycles. The van der Waals surface area contributed by atoms with Crippen molar-refractivity contribution in [2.75, 3.05) is 13.7 Å². The fraction of sp³-hybridized carbons (Fsp3) is 0.538. The van der Waals surface area contributed by atoms with E-state index in [-0.39, 0.29) is 5.82 Å². The van der Waals surface area contributed by atoms with E-state index in [0.29, 0.717) is 5.75 Å². The Labute approximate surface area is 96.6 Å². The fourth-order valence-electron chi connectivity index (χ4n) is 1.69. The lowest BCUT2D eigenvalue weighted by Gasteiger charge is -2.05. The molecule has 0 heterocycles. The molecule has 0 bridgehead atoms. The van der Waals surface area contributed by atoms with Gasteiger partial charge in [0.05, 0.1) is 7.11 Å². The quantitative estimate of drug-likeness (QED) is 0.724. The van der Waals surface area contributed by atoms with Gasteiger partial charge in [0.1, 0.15) is 0 Å². The Morgan fingerprint density at radius 2 is 1.94 bits per heavy atom. The number of rotatable bonds is 7. The molecule has 0 saturated carbocycles. The predicted molar refractivity (Wildman–Crippen MR) is 64.2 cm³/mol. The van der Waals surface area contributed by atoms with Gasteiger partial charge in [-0.15, -0.1) is 0 Å². The largest absolute Gasteiger partial charge is 0.494 e. The summed E-state index contributed by atoms with van der Waals surface area (Å²) in [6, 6.07) is 5.06. The molecule has 1 aromatic rings. The number of hydrogen-bond donors (Lipinski definition) is 1. The number of hydrogen-bond acceptors (Lipinski definition) is 2. The van der Waals surface area contributed by atoms with E-state index in [2.05, 4.69) is 0 Å². The Bertz CT molecular complexity index is 315.